The second-order valence-electron chi connectivity index (χ2n) is 11.8. The first-order valence-corrected chi connectivity index (χ1v) is 14.5. The fourth-order valence-electron chi connectivity index (χ4n) is 6.05. The Bertz CT molecular complexity index is 1660. The summed E-state index contributed by atoms with van der Waals surface area (Å²) in [7, 11) is 1.47. The highest BCUT2D eigenvalue weighted by Crippen LogP contribution is 2.50. The van der Waals surface area contributed by atoms with Gasteiger partial charge in [-0.05, 0) is 66.7 Å². The fraction of sp³-hybridized carbons (Fsp3) is 0.406. The van der Waals surface area contributed by atoms with Crippen molar-refractivity contribution < 1.29 is 50.5 Å². The second kappa shape index (κ2) is 11.4. The minimum absolute atomic E-state index is 0.137. The summed E-state index contributed by atoms with van der Waals surface area (Å²) in [5.74, 6) is -2.94. The van der Waals surface area contributed by atoms with Gasteiger partial charge in [0.05, 0.1) is 36.9 Å². The zero-order chi connectivity index (χ0) is 33.1. The van der Waals surface area contributed by atoms with Crippen LogP contribution in [0.3, 0.4) is 0 Å². The molecule has 2 aliphatic heterocycles. The summed E-state index contributed by atoms with van der Waals surface area (Å²) < 4.78 is 92.6. The van der Waals surface area contributed by atoms with Crippen LogP contribution in [0.25, 0.3) is 11.1 Å². The van der Waals surface area contributed by atoms with Crippen molar-refractivity contribution in [2.75, 3.05) is 25.1 Å². The number of halogens is 6. The van der Waals surface area contributed by atoms with Gasteiger partial charge in [-0.15, -0.1) is 0 Å². The van der Waals surface area contributed by atoms with E-state index >= 15 is 0 Å². The lowest BCUT2D eigenvalue weighted by Gasteiger charge is -2.32. The molecule has 1 aromatic heterocycles. The van der Waals surface area contributed by atoms with Crippen LogP contribution in [0.2, 0.25) is 0 Å². The summed E-state index contributed by atoms with van der Waals surface area (Å²) >= 11 is 0. The molecule has 1 amide bonds. The molecule has 1 aromatic carbocycles. The van der Waals surface area contributed by atoms with Gasteiger partial charge in [0, 0.05) is 29.8 Å². The zero-order valence-corrected chi connectivity index (χ0v) is 24.5. The Morgan fingerprint density at radius 1 is 1.13 bits per heavy atom. The first kappa shape index (κ1) is 31.5. The number of aromatic nitrogens is 1. The zero-order valence-electron chi connectivity index (χ0n) is 24.5. The summed E-state index contributed by atoms with van der Waals surface area (Å²) in [6.45, 7) is 5.09. The van der Waals surface area contributed by atoms with Crippen molar-refractivity contribution in [1.82, 2.24) is 9.88 Å². The van der Waals surface area contributed by atoms with E-state index in [1.54, 1.807) is 24.3 Å². The number of nitrogens with zero attached hydrogens (tertiary/aromatic N) is 3. The lowest BCUT2D eigenvalue weighted by atomic mass is 9.87. The van der Waals surface area contributed by atoms with Crippen LogP contribution in [0.4, 0.5) is 37.0 Å². The van der Waals surface area contributed by atoms with Crippen LogP contribution in [0.15, 0.2) is 65.9 Å². The molecule has 46 heavy (non-hydrogen) atoms. The molecule has 0 spiro atoms. The van der Waals surface area contributed by atoms with Crippen LogP contribution in [-0.4, -0.2) is 65.7 Å². The predicted molar refractivity (Wildman–Crippen MR) is 153 cm³/mol. The fourth-order valence-corrected chi connectivity index (χ4v) is 6.05. The Hall–Kier alpha value is -4.49. The quantitative estimate of drug-likeness (QED) is 0.309. The molecule has 2 saturated heterocycles. The van der Waals surface area contributed by atoms with Gasteiger partial charge >= 0.3 is 24.4 Å². The predicted octanol–water partition coefficient (Wildman–Crippen LogP) is 6.99. The summed E-state index contributed by atoms with van der Waals surface area (Å²) in [5.41, 5.74) is 0.256. The first-order chi connectivity index (χ1) is 21.7. The molecule has 3 heterocycles. The number of carboxylic acid groups (broad SMARTS) is 1. The molecule has 1 saturated carbocycles. The normalized spacial score (nSPS) is 24.7. The molecule has 244 valence electrons. The SMILES string of the molecule is C=C1[C@@H](C2=CC(C(F)(F)F)CC(C(F)(F)F)=C2)OC(=O)N1Cc1nc(N2CCC2)ccc1-c1cc([C@@H]2C[C@H]2C(=O)O)ccc1OC. The van der Waals surface area contributed by atoms with Crippen molar-refractivity contribution in [1.29, 1.82) is 0 Å². The number of aliphatic carboxylic acids is 1. The summed E-state index contributed by atoms with van der Waals surface area (Å²) in [4.78, 5) is 32.5. The molecule has 0 bridgehead atoms. The van der Waals surface area contributed by atoms with E-state index in [0.29, 0.717) is 47.0 Å². The highest BCUT2D eigenvalue weighted by atomic mass is 19.4. The van der Waals surface area contributed by atoms with Gasteiger partial charge in [0.2, 0.25) is 0 Å². The van der Waals surface area contributed by atoms with Gasteiger partial charge in [-0.25, -0.2) is 9.78 Å². The topological polar surface area (TPSA) is 92.2 Å². The number of ether oxygens (including phenoxy) is 2. The van der Waals surface area contributed by atoms with Crippen molar-refractivity contribution in [2.45, 2.75) is 50.2 Å². The minimum Gasteiger partial charge on any atom is -0.496 e. The molecule has 0 radical (unpaired) electrons. The number of hydrogen-bond donors (Lipinski definition) is 1. The number of alkyl halides is 6. The van der Waals surface area contributed by atoms with Gasteiger partial charge in [0.15, 0.2) is 6.10 Å². The number of cyclic esters (lactones) is 1. The number of carbonyl (C=O) groups excluding carboxylic acids is 1. The van der Waals surface area contributed by atoms with Gasteiger partial charge in [-0.3, -0.25) is 9.69 Å². The number of allylic oxidation sites excluding steroid dienone is 2. The van der Waals surface area contributed by atoms with E-state index in [9.17, 15) is 41.0 Å². The first-order valence-electron chi connectivity index (χ1n) is 14.5. The van der Waals surface area contributed by atoms with Crippen molar-refractivity contribution in [2.24, 2.45) is 11.8 Å². The molecule has 2 aromatic rings. The molecule has 3 fully saturated rings. The maximum Gasteiger partial charge on any atom is 0.415 e. The molecule has 1 unspecified atom stereocenters. The van der Waals surface area contributed by atoms with Gasteiger partial charge in [-0.2, -0.15) is 26.3 Å². The number of carbonyl (C=O) groups is 2. The highest BCUT2D eigenvalue weighted by molar-refractivity contribution is 5.79. The Morgan fingerprint density at radius 2 is 1.87 bits per heavy atom. The van der Waals surface area contributed by atoms with Gasteiger partial charge < -0.3 is 19.5 Å². The molecule has 8 nitrogen and oxygen atoms in total. The average molecular weight is 650 g/mol. The number of carboxylic acids is 1. The van der Waals surface area contributed by atoms with Crippen LogP contribution in [0.1, 0.15) is 36.4 Å². The van der Waals surface area contributed by atoms with Gasteiger partial charge in [0.25, 0.3) is 0 Å². The number of amides is 1. The number of methoxy groups -OCH3 is 1. The highest BCUT2D eigenvalue weighted by Gasteiger charge is 2.48. The third-order valence-corrected chi connectivity index (χ3v) is 8.85. The molecule has 2 aliphatic carbocycles. The van der Waals surface area contributed by atoms with Crippen molar-refractivity contribution in [3.05, 3.63) is 77.2 Å². The maximum atomic E-state index is 13.6. The van der Waals surface area contributed by atoms with Crippen LogP contribution >= 0.6 is 0 Å². The van der Waals surface area contributed by atoms with Crippen LogP contribution in [-0.2, 0) is 16.1 Å². The number of hydrogen-bond acceptors (Lipinski definition) is 6. The molecule has 1 N–H and O–H groups in total. The third kappa shape index (κ3) is 5.92. The number of anilines is 1. The lowest BCUT2D eigenvalue weighted by Crippen LogP contribution is -2.37. The van der Waals surface area contributed by atoms with Gasteiger partial charge in [0.1, 0.15) is 11.6 Å². The van der Waals surface area contributed by atoms with Crippen LogP contribution in [0, 0.1) is 11.8 Å². The smallest absolute Gasteiger partial charge is 0.415 e. The molecule has 4 aliphatic rings. The largest absolute Gasteiger partial charge is 0.496 e. The number of benzene rings is 1. The number of rotatable bonds is 8. The molecule has 4 atom stereocenters. The van der Waals surface area contributed by atoms with E-state index in [-0.39, 0.29) is 18.2 Å². The van der Waals surface area contributed by atoms with E-state index in [2.05, 4.69) is 6.58 Å². The van der Waals surface area contributed by atoms with Crippen molar-refractivity contribution in [3.8, 4) is 16.9 Å². The standard InChI is InChI=1S/C32H29F6N3O5/c1-16-28(18-10-19(31(33,34)35)13-20(11-18)32(36,37)38)46-30(44)41(16)15-25-21(5-7-27(39-25)40-8-3-9-40)23-12-17(4-6-26(23)45-2)22-14-24(22)29(42)43/h4-7,10-12,19,22,24,28H,1,3,8-9,13-15H2,2H3,(H,42,43)/t19?,22-,24+,28-/m0/s1. The van der Waals surface area contributed by atoms with E-state index in [1.807, 2.05) is 11.0 Å². The number of pyridine rings is 1. The molecular formula is C32H29F6N3O5. The van der Waals surface area contributed by atoms with Crippen LogP contribution < -0.4 is 9.64 Å². The minimum atomic E-state index is -5.01. The molecule has 6 rings (SSSR count). The maximum absolute atomic E-state index is 13.6. The average Bonchev–Trinajstić information content (AvgIpc) is 3.73. The lowest BCUT2D eigenvalue weighted by molar-refractivity contribution is -0.166. The Kier molecular flexibility index (Phi) is 7.80. The van der Waals surface area contributed by atoms with Gasteiger partial charge in [-0.1, -0.05) is 18.7 Å². The molecular weight excluding hydrogens is 620 g/mol. The van der Waals surface area contributed by atoms with E-state index in [4.69, 9.17) is 14.5 Å². The Labute approximate surface area is 259 Å². The molecule has 14 heteroatoms. The second-order valence-corrected chi connectivity index (χ2v) is 11.8. The third-order valence-electron chi connectivity index (χ3n) is 8.85. The Balaban J connectivity index is 1.36. The Morgan fingerprint density at radius 3 is 2.46 bits per heavy atom. The summed E-state index contributed by atoms with van der Waals surface area (Å²) in [5, 5.41) is 9.44. The van der Waals surface area contributed by atoms with E-state index in [1.165, 1.54) is 7.11 Å². The monoisotopic (exact) mass is 649 g/mol. The summed E-state index contributed by atoms with van der Waals surface area (Å²) in [6.07, 6.45) is -11.1. The van der Waals surface area contributed by atoms with E-state index in [0.717, 1.165) is 30.0 Å². The van der Waals surface area contributed by atoms with Crippen LogP contribution in [0.5, 0.6) is 5.75 Å². The van der Waals surface area contributed by atoms with Crippen molar-refractivity contribution in [3.63, 3.8) is 0 Å². The van der Waals surface area contributed by atoms with E-state index < -0.39 is 59.9 Å². The summed E-state index contributed by atoms with van der Waals surface area (Å²) in [6, 6.07) is 8.90. The van der Waals surface area contributed by atoms with Crippen molar-refractivity contribution >= 4 is 17.9 Å².